The van der Waals surface area contributed by atoms with Crippen LogP contribution in [0.15, 0.2) is 18.3 Å². The van der Waals surface area contributed by atoms with Gasteiger partial charge < -0.3 is 10.6 Å². The molecular weight excluding hydrogens is 209 g/mol. The van der Waals surface area contributed by atoms with Crippen molar-refractivity contribution in [3.63, 3.8) is 0 Å². The SMILES string of the molecule is CN(C(=O)c1ccc(F)cn1)C1CC(N)C1. The van der Waals surface area contributed by atoms with Gasteiger partial charge in [-0.3, -0.25) is 4.79 Å². The van der Waals surface area contributed by atoms with E-state index in [0.29, 0.717) is 0 Å². The Balaban J connectivity index is 2.04. The molecule has 4 nitrogen and oxygen atoms in total. The number of pyridine rings is 1. The number of hydrogen-bond donors (Lipinski definition) is 1. The van der Waals surface area contributed by atoms with Crippen molar-refractivity contribution in [1.29, 1.82) is 0 Å². The lowest BCUT2D eigenvalue weighted by atomic mass is 9.86. The van der Waals surface area contributed by atoms with Gasteiger partial charge in [0.05, 0.1) is 6.20 Å². The molecule has 1 amide bonds. The molecule has 1 aromatic heterocycles. The lowest BCUT2D eigenvalue weighted by Gasteiger charge is -2.39. The molecule has 86 valence electrons. The van der Waals surface area contributed by atoms with Crippen LogP contribution in [0.2, 0.25) is 0 Å². The molecule has 1 aromatic rings. The summed E-state index contributed by atoms with van der Waals surface area (Å²) in [6, 6.07) is 3.02. The van der Waals surface area contributed by atoms with Gasteiger partial charge >= 0.3 is 0 Å². The summed E-state index contributed by atoms with van der Waals surface area (Å²) in [5, 5.41) is 0. The van der Waals surface area contributed by atoms with Crippen molar-refractivity contribution < 1.29 is 9.18 Å². The van der Waals surface area contributed by atoms with E-state index < -0.39 is 5.82 Å². The van der Waals surface area contributed by atoms with Crippen LogP contribution in [-0.2, 0) is 0 Å². The van der Waals surface area contributed by atoms with Crippen LogP contribution in [0.3, 0.4) is 0 Å². The van der Waals surface area contributed by atoms with Crippen LogP contribution in [0.25, 0.3) is 0 Å². The van der Waals surface area contributed by atoms with Gasteiger partial charge in [0, 0.05) is 19.1 Å². The molecule has 0 aliphatic heterocycles. The fraction of sp³-hybridized carbons (Fsp3) is 0.455. The topological polar surface area (TPSA) is 59.2 Å². The molecule has 0 bridgehead atoms. The highest BCUT2D eigenvalue weighted by atomic mass is 19.1. The number of hydrogen-bond acceptors (Lipinski definition) is 3. The van der Waals surface area contributed by atoms with E-state index in [4.69, 9.17) is 5.73 Å². The maximum atomic E-state index is 12.6. The molecule has 2 N–H and O–H groups in total. The summed E-state index contributed by atoms with van der Waals surface area (Å²) in [4.78, 5) is 17.3. The summed E-state index contributed by atoms with van der Waals surface area (Å²) in [5.74, 6) is -0.623. The quantitative estimate of drug-likeness (QED) is 0.806. The van der Waals surface area contributed by atoms with Crippen molar-refractivity contribution in [3.05, 3.63) is 29.8 Å². The van der Waals surface area contributed by atoms with E-state index in [0.717, 1.165) is 19.0 Å². The number of nitrogens with zero attached hydrogens (tertiary/aromatic N) is 2. The molecule has 1 heterocycles. The molecule has 16 heavy (non-hydrogen) atoms. The Morgan fingerprint density at radius 2 is 2.25 bits per heavy atom. The van der Waals surface area contributed by atoms with E-state index in [2.05, 4.69) is 4.98 Å². The molecule has 0 aromatic carbocycles. The first-order valence-corrected chi connectivity index (χ1v) is 5.22. The minimum Gasteiger partial charge on any atom is -0.337 e. The Bertz CT molecular complexity index is 387. The molecule has 0 saturated heterocycles. The second-order valence-corrected chi connectivity index (χ2v) is 4.16. The zero-order chi connectivity index (χ0) is 11.7. The minimum absolute atomic E-state index is 0.183. The van der Waals surface area contributed by atoms with Crippen LogP contribution in [0, 0.1) is 5.82 Å². The molecule has 1 aliphatic rings. The van der Waals surface area contributed by atoms with E-state index in [1.54, 1.807) is 11.9 Å². The lowest BCUT2D eigenvalue weighted by Crippen LogP contribution is -2.51. The second kappa shape index (κ2) is 4.17. The Kier molecular flexibility index (Phi) is 2.87. The monoisotopic (exact) mass is 223 g/mol. The van der Waals surface area contributed by atoms with E-state index in [1.807, 2.05) is 0 Å². The summed E-state index contributed by atoms with van der Waals surface area (Å²) in [5.41, 5.74) is 5.93. The van der Waals surface area contributed by atoms with E-state index in [9.17, 15) is 9.18 Å². The number of amides is 1. The van der Waals surface area contributed by atoms with Gasteiger partial charge in [-0.2, -0.15) is 0 Å². The summed E-state index contributed by atoms with van der Waals surface area (Å²) in [6.07, 6.45) is 2.69. The molecule has 5 heteroatoms. The van der Waals surface area contributed by atoms with Crippen molar-refractivity contribution in [2.45, 2.75) is 24.9 Å². The zero-order valence-electron chi connectivity index (χ0n) is 9.06. The third-order valence-corrected chi connectivity index (χ3v) is 2.96. The second-order valence-electron chi connectivity index (χ2n) is 4.16. The van der Waals surface area contributed by atoms with Crippen LogP contribution in [0.5, 0.6) is 0 Å². The van der Waals surface area contributed by atoms with Gasteiger partial charge in [0.1, 0.15) is 11.5 Å². The Morgan fingerprint density at radius 3 is 2.75 bits per heavy atom. The van der Waals surface area contributed by atoms with E-state index in [-0.39, 0.29) is 23.7 Å². The number of carbonyl (C=O) groups is 1. The van der Waals surface area contributed by atoms with Crippen LogP contribution in [0.4, 0.5) is 4.39 Å². The van der Waals surface area contributed by atoms with Crippen LogP contribution in [0.1, 0.15) is 23.3 Å². The van der Waals surface area contributed by atoms with Crippen LogP contribution < -0.4 is 5.73 Å². The first-order chi connectivity index (χ1) is 7.58. The molecule has 1 aliphatic carbocycles. The number of halogens is 1. The molecule has 1 fully saturated rings. The number of rotatable bonds is 2. The molecular formula is C11H14FN3O. The van der Waals surface area contributed by atoms with Gasteiger partial charge in [-0.1, -0.05) is 0 Å². The maximum Gasteiger partial charge on any atom is 0.272 e. The Hall–Kier alpha value is -1.49. The van der Waals surface area contributed by atoms with Crippen molar-refractivity contribution >= 4 is 5.91 Å². The number of aromatic nitrogens is 1. The lowest BCUT2D eigenvalue weighted by molar-refractivity contribution is 0.0619. The normalized spacial score (nSPS) is 23.7. The molecule has 0 spiro atoms. The van der Waals surface area contributed by atoms with Gasteiger partial charge in [0.25, 0.3) is 5.91 Å². The third-order valence-electron chi connectivity index (χ3n) is 2.96. The van der Waals surface area contributed by atoms with Gasteiger partial charge in [-0.25, -0.2) is 9.37 Å². The molecule has 0 atom stereocenters. The summed E-state index contributed by atoms with van der Waals surface area (Å²) in [6.45, 7) is 0. The summed E-state index contributed by atoms with van der Waals surface area (Å²) < 4.78 is 12.6. The average molecular weight is 223 g/mol. The van der Waals surface area contributed by atoms with Crippen LogP contribution in [-0.4, -0.2) is 34.9 Å². The molecule has 0 radical (unpaired) electrons. The Labute approximate surface area is 93.3 Å². The third kappa shape index (κ3) is 2.04. The zero-order valence-corrected chi connectivity index (χ0v) is 9.06. The van der Waals surface area contributed by atoms with Gasteiger partial charge in [0.2, 0.25) is 0 Å². The van der Waals surface area contributed by atoms with Crippen molar-refractivity contribution in [2.24, 2.45) is 5.73 Å². The summed E-state index contributed by atoms with van der Waals surface area (Å²) >= 11 is 0. The smallest absolute Gasteiger partial charge is 0.272 e. The standard InChI is InChI=1S/C11H14FN3O/c1-15(9-4-8(13)5-9)11(16)10-3-2-7(12)6-14-10/h2-3,6,8-9H,4-5,13H2,1H3. The maximum absolute atomic E-state index is 12.6. The van der Waals surface area contributed by atoms with Gasteiger partial charge in [-0.05, 0) is 25.0 Å². The van der Waals surface area contributed by atoms with Crippen molar-refractivity contribution in [3.8, 4) is 0 Å². The highest BCUT2D eigenvalue weighted by Gasteiger charge is 2.32. The predicted molar refractivity (Wildman–Crippen MR) is 57.3 cm³/mol. The van der Waals surface area contributed by atoms with Gasteiger partial charge in [-0.15, -0.1) is 0 Å². The molecule has 2 rings (SSSR count). The average Bonchev–Trinajstić information content (AvgIpc) is 2.24. The fourth-order valence-electron chi connectivity index (χ4n) is 1.79. The van der Waals surface area contributed by atoms with Gasteiger partial charge in [0.15, 0.2) is 0 Å². The number of carbonyl (C=O) groups excluding carboxylic acids is 1. The van der Waals surface area contributed by atoms with Crippen LogP contribution >= 0.6 is 0 Å². The highest BCUT2D eigenvalue weighted by molar-refractivity contribution is 5.92. The fourth-order valence-corrected chi connectivity index (χ4v) is 1.79. The van der Waals surface area contributed by atoms with E-state index >= 15 is 0 Å². The van der Waals surface area contributed by atoms with E-state index in [1.165, 1.54) is 12.1 Å². The summed E-state index contributed by atoms with van der Waals surface area (Å²) in [7, 11) is 1.73. The Morgan fingerprint density at radius 1 is 1.56 bits per heavy atom. The molecule has 1 saturated carbocycles. The largest absolute Gasteiger partial charge is 0.337 e. The highest BCUT2D eigenvalue weighted by Crippen LogP contribution is 2.23. The minimum atomic E-state index is -0.440. The first-order valence-electron chi connectivity index (χ1n) is 5.22. The van der Waals surface area contributed by atoms with Crippen molar-refractivity contribution in [1.82, 2.24) is 9.88 Å². The first kappa shape index (κ1) is 11.0. The van der Waals surface area contributed by atoms with Crippen molar-refractivity contribution in [2.75, 3.05) is 7.05 Å². The number of nitrogens with two attached hydrogens (primary N) is 1. The molecule has 0 unspecified atom stereocenters. The predicted octanol–water partition coefficient (Wildman–Crippen LogP) is 0.782.